The maximum atomic E-state index is 12.5. The van der Waals surface area contributed by atoms with Crippen molar-refractivity contribution in [1.29, 1.82) is 0 Å². The molecule has 1 fully saturated rings. The Kier molecular flexibility index (Phi) is 5.69. The molecule has 0 saturated carbocycles. The van der Waals surface area contributed by atoms with E-state index in [1.165, 1.54) is 0 Å². The zero-order valence-electron chi connectivity index (χ0n) is 16.3. The van der Waals surface area contributed by atoms with E-state index >= 15 is 0 Å². The highest BCUT2D eigenvalue weighted by atomic mass is 16.5. The molecule has 0 radical (unpaired) electrons. The lowest BCUT2D eigenvalue weighted by Gasteiger charge is -2.32. The number of hydrogen-bond donors (Lipinski definition) is 1. The number of fused-ring (bicyclic) bond motifs is 1. The summed E-state index contributed by atoms with van der Waals surface area (Å²) < 4.78 is 0.939. The van der Waals surface area contributed by atoms with Crippen LogP contribution in [0.1, 0.15) is 6.42 Å². The van der Waals surface area contributed by atoms with Gasteiger partial charge in [-0.1, -0.05) is 30.3 Å². The molecular weight excluding hydrogens is 350 g/mol. The van der Waals surface area contributed by atoms with Crippen molar-refractivity contribution in [2.75, 3.05) is 51.6 Å². The summed E-state index contributed by atoms with van der Waals surface area (Å²) in [5.74, 6) is 0.753. The molecule has 28 heavy (non-hydrogen) atoms. The van der Waals surface area contributed by atoms with E-state index in [4.69, 9.17) is 0 Å². The van der Waals surface area contributed by atoms with Gasteiger partial charge in [0.25, 0.3) is 0 Å². The van der Waals surface area contributed by atoms with Crippen LogP contribution in [-0.2, 0) is 0 Å². The van der Waals surface area contributed by atoms with Gasteiger partial charge >= 0.3 is 0 Å². The Balaban J connectivity index is 1.38. The molecule has 6 nitrogen and oxygen atoms in total. The molecule has 4 rings (SSSR count). The van der Waals surface area contributed by atoms with Gasteiger partial charge < -0.3 is 20.3 Å². The molecule has 1 aliphatic rings. The Morgan fingerprint density at radius 1 is 1.07 bits per heavy atom. The minimum absolute atomic E-state index is 0.635. The fourth-order valence-corrected chi connectivity index (χ4v) is 3.63. The molecule has 1 aromatic carbocycles. The predicted octanol–water partition coefficient (Wildman–Crippen LogP) is 2.58. The first-order chi connectivity index (χ1) is 13.7. The summed E-state index contributed by atoms with van der Waals surface area (Å²) in [6.45, 7) is 6.53. The van der Waals surface area contributed by atoms with Crippen LogP contribution in [0.3, 0.4) is 0 Å². The summed E-state index contributed by atoms with van der Waals surface area (Å²) in [4.78, 5) is 9.37. The molecule has 3 aromatic rings. The Morgan fingerprint density at radius 3 is 2.64 bits per heavy atom. The Bertz CT molecular complexity index is 923. The number of benzene rings is 1. The van der Waals surface area contributed by atoms with Gasteiger partial charge in [0.2, 0.25) is 5.52 Å². The summed E-state index contributed by atoms with van der Waals surface area (Å²) in [7, 11) is 2.18. The summed E-state index contributed by atoms with van der Waals surface area (Å²) >= 11 is 0. The number of nitrogens with one attached hydrogen (secondary N) is 1. The second-order valence-electron chi connectivity index (χ2n) is 7.47. The molecule has 6 heteroatoms. The molecule has 0 unspecified atom stereocenters. The van der Waals surface area contributed by atoms with Gasteiger partial charge in [0.15, 0.2) is 6.20 Å². The van der Waals surface area contributed by atoms with Crippen molar-refractivity contribution < 1.29 is 4.73 Å². The van der Waals surface area contributed by atoms with Gasteiger partial charge in [0, 0.05) is 44.5 Å². The van der Waals surface area contributed by atoms with Gasteiger partial charge in [0.1, 0.15) is 5.82 Å². The van der Waals surface area contributed by atoms with Crippen molar-refractivity contribution in [2.45, 2.75) is 6.42 Å². The summed E-state index contributed by atoms with van der Waals surface area (Å²) in [6.07, 6.45) is 4.47. The first kappa shape index (κ1) is 18.7. The van der Waals surface area contributed by atoms with E-state index in [0.29, 0.717) is 5.52 Å². The molecule has 0 spiro atoms. The third kappa shape index (κ3) is 4.40. The van der Waals surface area contributed by atoms with E-state index in [9.17, 15) is 5.21 Å². The molecule has 3 heterocycles. The minimum Gasteiger partial charge on any atom is -0.618 e. The van der Waals surface area contributed by atoms with Crippen molar-refractivity contribution in [1.82, 2.24) is 14.8 Å². The Hall–Kier alpha value is -2.70. The first-order valence-corrected chi connectivity index (χ1v) is 9.92. The zero-order chi connectivity index (χ0) is 19.3. The molecule has 2 aromatic heterocycles. The zero-order valence-corrected chi connectivity index (χ0v) is 16.3. The normalized spacial score (nSPS) is 15.8. The first-order valence-electron chi connectivity index (χ1n) is 9.92. The van der Waals surface area contributed by atoms with Crippen LogP contribution in [0.5, 0.6) is 0 Å². The molecule has 1 saturated heterocycles. The van der Waals surface area contributed by atoms with E-state index in [2.05, 4.69) is 27.1 Å². The van der Waals surface area contributed by atoms with Crippen LogP contribution in [0, 0.1) is 5.21 Å². The van der Waals surface area contributed by atoms with E-state index in [1.807, 2.05) is 42.5 Å². The third-order valence-corrected chi connectivity index (χ3v) is 5.38. The lowest BCUT2D eigenvalue weighted by Crippen LogP contribution is -2.44. The van der Waals surface area contributed by atoms with Gasteiger partial charge in [-0.3, -0.25) is 0 Å². The smallest absolute Gasteiger partial charge is 0.229 e. The van der Waals surface area contributed by atoms with Crippen LogP contribution in [-0.4, -0.2) is 61.1 Å². The van der Waals surface area contributed by atoms with Crippen LogP contribution in [0.4, 0.5) is 5.82 Å². The Morgan fingerprint density at radius 2 is 1.86 bits per heavy atom. The number of hydrogen-bond acceptors (Lipinski definition) is 5. The highest BCUT2D eigenvalue weighted by Crippen LogP contribution is 2.22. The second kappa shape index (κ2) is 8.54. The quantitative estimate of drug-likeness (QED) is 0.406. The van der Waals surface area contributed by atoms with Gasteiger partial charge in [0.05, 0.1) is 11.5 Å². The van der Waals surface area contributed by atoms with E-state index in [-0.39, 0.29) is 0 Å². The van der Waals surface area contributed by atoms with Crippen LogP contribution in [0.25, 0.3) is 22.0 Å². The summed E-state index contributed by atoms with van der Waals surface area (Å²) in [5.41, 5.74) is 2.56. The standard InChI is InChI=1S/C22H27N5O/c1-25-10-12-26(13-11-25)9-5-8-23-22-15-21-19(16-24-22)14-20(17-27(21)28)18-6-3-2-4-7-18/h2-4,6-7,14-17H,5,8-13H2,1H3,(H,23,24). The number of piperazine rings is 1. The molecular formula is C22H27N5O. The molecule has 0 atom stereocenters. The highest BCUT2D eigenvalue weighted by molar-refractivity contribution is 5.82. The predicted molar refractivity (Wildman–Crippen MR) is 113 cm³/mol. The van der Waals surface area contributed by atoms with Crippen molar-refractivity contribution in [2.24, 2.45) is 0 Å². The average molecular weight is 377 g/mol. The summed E-state index contributed by atoms with van der Waals surface area (Å²) in [5, 5.41) is 16.7. The molecule has 146 valence electrons. The van der Waals surface area contributed by atoms with E-state index < -0.39 is 0 Å². The van der Waals surface area contributed by atoms with Crippen LogP contribution >= 0.6 is 0 Å². The number of rotatable bonds is 6. The van der Waals surface area contributed by atoms with Crippen molar-refractivity contribution in [3.05, 3.63) is 60.1 Å². The number of pyridine rings is 2. The SMILES string of the molecule is CN1CCN(CCCNc2cc3c(cn2)cc(-c2ccccc2)c[n+]3[O-])CC1. The van der Waals surface area contributed by atoms with Crippen LogP contribution in [0.2, 0.25) is 0 Å². The minimum atomic E-state index is 0.635. The maximum Gasteiger partial charge on any atom is 0.229 e. The number of aromatic nitrogens is 2. The lowest BCUT2D eigenvalue weighted by molar-refractivity contribution is -0.576. The number of anilines is 1. The van der Waals surface area contributed by atoms with Crippen molar-refractivity contribution >= 4 is 16.7 Å². The molecule has 0 amide bonds. The summed E-state index contributed by atoms with van der Waals surface area (Å²) in [6, 6.07) is 13.8. The fourth-order valence-electron chi connectivity index (χ4n) is 3.63. The Labute approximate surface area is 166 Å². The maximum absolute atomic E-state index is 12.5. The van der Waals surface area contributed by atoms with Crippen molar-refractivity contribution in [3.63, 3.8) is 0 Å². The van der Waals surface area contributed by atoms with Crippen molar-refractivity contribution in [3.8, 4) is 11.1 Å². The second-order valence-corrected chi connectivity index (χ2v) is 7.47. The number of likely N-dealkylation sites (N-methyl/N-ethyl adjacent to an activating group) is 1. The topological polar surface area (TPSA) is 58.3 Å². The molecule has 1 aliphatic heterocycles. The van der Waals surface area contributed by atoms with Gasteiger partial charge in [-0.25, -0.2) is 4.98 Å². The van der Waals surface area contributed by atoms with E-state index in [1.54, 1.807) is 12.4 Å². The average Bonchev–Trinajstić information content (AvgIpc) is 2.73. The van der Waals surface area contributed by atoms with Gasteiger partial charge in [-0.2, -0.15) is 4.73 Å². The third-order valence-electron chi connectivity index (χ3n) is 5.38. The monoisotopic (exact) mass is 377 g/mol. The molecule has 1 N–H and O–H groups in total. The fraction of sp³-hybridized carbons (Fsp3) is 0.364. The molecule has 0 bridgehead atoms. The lowest BCUT2D eigenvalue weighted by atomic mass is 10.1. The van der Waals surface area contributed by atoms with Crippen LogP contribution in [0.15, 0.2) is 54.9 Å². The van der Waals surface area contributed by atoms with Gasteiger partial charge in [-0.15, -0.1) is 0 Å². The highest BCUT2D eigenvalue weighted by Gasteiger charge is 2.13. The van der Waals surface area contributed by atoms with E-state index in [0.717, 1.165) is 72.8 Å². The number of nitrogens with zero attached hydrogens (tertiary/aromatic N) is 4. The molecule has 0 aliphatic carbocycles. The van der Waals surface area contributed by atoms with Gasteiger partial charge in [-0.05, 0) is 31.6 Å². The van der Waals surface area contributed by atoms with Crippen LogP contribution < -0.4 is 10.0 Å². The largest absolute Gasteiger partial charge is 0.618 e.